The maximum Gasteiger partial charge on any atom is 0.179 e. The van der Waals surface area contributed by atoms with E-state index >= 15 is 0 Å². The Hall–Kier alpha value is -3.24. The van der Waals surface area contributed by atoms with Crippen molar-refractivity contribution >= 4 is 29.2 Å². The van der Waals surface area contributed by atoms with E-state index in [1.54, 1.807) is 20.4 Å². The van der Waals surface area contributed by atoms with Gasteiger partial charge in [0.25, 0.3) is 0 Å². The van der Waals surface area contributed by atoms with Crippen LogP contribution < -0.4 is 14.8 Å². The summed E-state index contributed by atoms with van der Waals surface area (Å²) in [6, 6.07) is 21.1. The molecular weight excluding hydrogens is 420 g/mol. The first-order valence-electron chi connectivity index (χ1n) is 10.8. The normalized spacial score (nSPS) is 21.2. The van der Waals surface area contributed by atoms with Gasteiger partial charge in [-0.1, -0.05) is 54.1 Å². The van der Waals surface area contributed by atoms with Crippen molar-refractivity contribution in [2.45, 2.75) is 18.4 Å². The second-order valence-electron chi connectivity index (χ2n) is 8.15. The molecule has 0 radical (unpaired) electrons. The Labute approximate surface area is 193 Å². The van der Waals surface area contributed by atoms with Crippen molar-refractivity contribution in [1.29, 1.82) is 0 Å². The summed E-state index contributed by atoms with van der Waals surface area (Å²) in [6.45, 7) is 0. The average molecular weight is 445 g/mol. The van der Waals surface area contributed by atoms with Crippen LogP contribution in [0.2, 0.25) is 5.02 Å². The highest BCUT2D eigenvalue weighted by atomic mass is 35.5. The zero-order valence-corrected chi connectivity index (χ0v) is 18.8. The predicted octanol–water partition coefficient (Wildman–Crippen LogP) is 6.93. The Morgan fingerprint density at radius 1 is 1.03 bits per heavy atom. The number of benzene rings is 3. The van der Waals surface area contributed by atoms with Crippen molar-refractivity contribution < 1.29 is 9.47 Å². The van der Waals surface area contributed by atoms with Gasteiger partial charge in [-0.15, -0.1) is 0 Å². The SMILES string of the molecule is COc1cc(C=Nc2ccc([C@@H]3Nc4ccccc4[C@@H]4C=CC[C@H]43)cc2)cc(Cl)c1OC. The Morgan fingerprint density at radius 2 is 1.84 bits per heavy atom. The minimum absolute atomic E-state index is 0.285. The van der Waals surface area contributed by atoms with Crippen LogP contribution in [0.1, 0.15) is 35.1 Å². The second-order valence-corrected chi connectivity index (χ2v) is 8.56. The summed E-state index contributed by atoms with van der Waals surface area (Å²) in [5, 5.41) is 4.27. The third kappa shape index (κ3) is 3.76. The van der Waals surface area contributed by atoms with E-state index in [0.29, 0.717) is 28.4 Å². The minimum Gasteiger partial charge on any atom is -0.493 e. The Balaban J connectivity index is 1.37. The molecule has 0 spiro atoms. The van der Waals surface area contributed by atoms with Gasteiger partial charge in [0.2, 0.25) is 0 Å². The molecule has 3 aromatic carbocycles. The number of rotatable bonds is 5. The van der Waals surface area contributed by atoms with Gasteiger partial charge in [0, 0.05) is 17.8 Å². The summed E-state index contributed by atoms with van der Waals surface area (Å²) in [5.74, 6) is 2.12. The smallest absolute Gasteiger partial charge is 0.179 e. The fraction of sp³-hybridized carbons (Fsp3) is 0.222. The summed E-state index contributed by atoms with van der Waals surface area (Å²) in [4.78, 5) is 4.62. The van der Waals surface area contributed by atoms with Gasteiger partial charge >= 0.3 is 0 Å². The summed E-state index contributed by atoms with van der Waals surface area (Å²) < 4.78 is 10.7. The van der Waals surface area contributed by atoms with Crippen LogP contribution in [0.15, 0.2) is 77.8 Å². The number of nitrogens with one attached hydrogen (secondary N) is 1. The van der Waals surface area contributed by atoms with Gasteiger partial charge in [0.05, 0.1) is 31.0 Å². The number of methoxy groups -OCH3 is 2. The zero-order valence-electron chi connectivity index (χ0n) is 18.1. The standard InChI is InChI=1S/C27H25ClN2O2/c1-31-25-15-17(14-23(28)27(25)32-2)16-29-19-12-10-18(11-13-19)26-22-8-5-7-20(22)21-6-3-4-9-24(21)30-26/h3-7,9-16,20,22,26,30H,8H2,1-2H3/t20-,22+,26-/m0/s1. The third-order valence-corrected chi connectivity index (χ3v) is 6.62. The molecule has 5 rings (SSSR count). The number of hydrogen-bond acceptors (Lipinski definition) is 4. The van der Waals surface area contributed by atoms with Crippen molar-refractivity contribution in [2.24, 2.45) is 10.9 Å². The van der Waals surface area contributed by atoms with Crippen molar-refractivity contribution in [3.8, 4) is 11.5 Å². The van der Waals surface area contributed by atoms with E-state index in [1.165, 1.54) is 16.8 Å². The lowest BCUT2D eigenvalue weighted by molar-refractivity contribution is 0.355. The van der Waals surface area contributed by atoms with Crippen molar-refractivity contribution in [2.75, 3.05) is 19.5 Å². The van der Waals surface area contributed by atoms with E-state index in [-0.39, 0.29) is 6.04 Å². The number of hydrogen-bond donors (Lipinski definition) is 1. The third-order valence-electron chi connectivity index (χ3n) is 6.34. The quantitative estimate of drug-likeness (QED) is 0.342. The molecular formula is C27H25ClN2O2. The van der Waals surface area contributed by atoms with Gasteiger partial charge in [0.15, 0.2) is 11.5 Å². The van der Waals surface area contributed by atoms with Crippen molar-refractivity contribution in [3.05, 3.63) is 94.5 Å². The zero-order chi connectivity index (χ0) is 22.1. The molecule has 3 aromatic rings. The van der Waals surface area contributed by atoms with Gasteiger partial charge in [-0.05, 0) is 59.4 Å². The molecule has 0 saturated carbocycles. The highest BCUT2D eigenvalue weighted by Crippen LogP contribution is 2.49. The lowest BCUT2D eigenvalue weighted by Crippen LogP contribution is -2.28. The molecule has 1 heterocycles. The number of nitrogens with zero attached hydrogens (tertiary/aromatic N) is 1. The molecule has 0 saturated heterocycles. The molecule has 0 fully saturated rings. The second kappa shape index (κ2) is 8.71. The van der Waals surface area contributed by atoms with E-state index < -0.39 is 0 Å². The molecule has 2 aliphatic rings. The topological polar surface area (TPSA) is 42.8 Å². The maximum atomic E-state index is 6.30. The summed E-state index contributed by atoms with van der Waals surface area (Å²) >= 11 is 6.30. The average Bonchev–Trinajstić information content (AvgIpc) is 3.32. The van der Waals surface area contributed by atoms with E-state index in [1.807, 2.05) is 12.1 Å². The molecule has 162 valence electrons. The number of fused-ring (bicyclic) bond motifs is 3. The molecule has 32 heavy (non-hydrogen) atoms. The van der Waals surface area contributed by atoms with Gasteiger partial charge in [-0.2, -0.15) is 0 Å². The van der Waals surface area contributed by atoms with E-state index in [9.17, 15) is 0 Å². The first kappa shape index (κ1) is 20.7. The van der Waals surface area contributed by atoms with Crippen LogP contribution in [0.5, 0.6) is 11.5 Å². The monoisotopic (exact) mass is 444 g/mol. The Bertz CT molecular complexity index is 1190. The fourth-order valence-corrected chi connectivity index (χ4v) is 5.10. The number of para-hydroxylation sites is 1. The van der Waals surface area contributed by atoms with Crippen LogP contribution in [0, 0.1) is 5.92 Å². The summed E-state index contributed by atoms with van der Waals surface area (Å²) in [5.41, 5.74) is 5.65. The lowest BCUT2D eigenvalue weighted by atomic mass is 9.77. The Kier molecular flexibility index (Phi) is 5.62. The van der Waals surface area contributed by atoms with Crippen molar-refractivity contribution in [1.82, 2.24) is 0 Å². The molecule has 5 heteroatoms. The molecule has 3 atom stereocenters. The number of allylic oxidation sites excluding steroid dienone is 2. The van der Waals surface area contributed by atoms with Crippen LogP contribution >= 0.6 is 11.6 Å². The molecule has 1 aliphatic carbocycles. The molecule has 1 aliphatic heterocycles. The van der Waals surface area contributed by atoms with Crippen LogP contribution in [-0.2, 0) is 0 Å². The van der Waals surface area contributed by atoms with E-state index in [0.717, 1.165) is 17.7 Å². The van der Waals surface area contributed by atoms with Crippen LogP contribution in [-0.4, -0.2) is 20.4 Å². The predicted molar refractivity (Wildman–Crippen MR) is 131 cm³/mol. The maximum absolute atomic E-state index is 6.30. The largest absolute Gasteiger partial charge is 0.493 e. The molecule has 0 bridgehead atoms. The lowest BCUT2D eigenvalue weighted by Gasteiger charge is -2.37. The highest BCUT2D eigenvalue weighted by molar-refractivity contribution is 6.32. The number of ether oxygens (including phenoxy) is 2. The minimum atomic E-state index is 0.285. The Morgan fingerprint density at radius 3 is 2.62 bits per heavy atom. The van der Waals surface area contributed by atoms with Gasteiger partial charge in [0.1, 0.15) is 0 Å². The fourth-order valence-electron chi connectivity index (χ4n) is 4.80. The van der Waals surface area contributed by atoms with Crippen LogP contribution in [0.25, 0.3) is 0 Å². The number of anilines is 1. The van der Waals surface area contributed by atoms with Gasteiger partial charge in [-0.3, -0.25) is 4.99 Å². The highest BCUT2D eigenvalue weighted by Gasteiger charge is 2.37. The van der Waals surface area contributed by atoms with Gasteiger partial charge < -0.3 is 14.8 Å². The summed E-state index contributed by atoms with van der Waals surface area (Å²) in [6.07, 6.45) is 7.56. The van der Waals surface area contributed by atoms with Gasteiger partial charge in [-0.25, -0.2) is 0 Å². The van der Waals surface area contributed by atoms with Crippen molar-refractivity contribution in [3.63, 3.8) is 0 Å². The van der Waals surface area contributed by atoms with Crippen LogP contribution in [0.3, 0.4) is 0 Å². The first-order chi connectivity index (χ1) is 15.7. The van der Waals surface area contributed by atoms with E-state index in [2.05, 4.69) is 71.0 Å². The summed E-state index contributed by atoms with van der Waals surface area (Å²) in [7, 11) is 3.17. The number of halogens is 1. The molecule has 0 aromatic heterocycles. The molecule has 4 nitrogen and oxygen atoms in total. The molecule has 1 N–H and O–H groups in total. The molecule has 0 amide bonds. The molecule has 0 unspecified atom stereocenters. The first-order valence-corrected chi connectivity index (χ1v) is 11.1. The van der Waals surface area contributed by atoms with Crippen LogP contribution in [0.4, 0.5) is 11.4 Å². The van der Waals surface area contributed by atoms with E-state index in [4.69, 9.17) is 21.1 Å². The number of aliphatic imine (C=N–C) groups is 1.